The van der Waals surface area contributed by atoms with Crippen LogP contribution in [0.5, 0.6) is 0 Å². The van der Waals surface area contributed by atoms with Crippen LogP contribution >= 0.6 is 12.2 Å². The molecule has 1 saturated heterocycles. The zero-order chi connectivity index (χ0) is 15.1. The number of ether oxygens (including phenoxy) is 1. The van der Waals surface area contributed by atoms with Crippen LogP contribution in [-0.4, -0.2) is 60.6 Å². The van der Waals surface area contributed by atoms with E-state index in [0.717, 1.165) is 56.3 Å². The maximum absolute atomic E-state index is 5.31. The third kappa shape index (κ3) is 5.45. The van der Waals surface area contributed by atoms with E-state index in [0.29, 0.717) is 5.11 Å². The molecule has 0 unspecified atom stereocenters. The molecule has 1 aromatic heterocycles. The summed E-state index contributed by atoms with van der Waals surface area (Å²) in [6.45, 7) is 9.45. The van der Waals surface area contributed by atoms with Crippen molar-refractivity contribution in [2.45, 2.75) is 13.8 Å². The van der Waals surface area contributed by atoms with Crippen LogP contribution in [0.2, 0.25) is 0 Å². The zero-order valence-corrected chi connectivity index (χ0v) is 13.4. The first-order chi connectivity index (χ1) is 10.1. The first-order valence-corrected chi connectivity index (χ1v) is 7.59. The van der Waals surface area contributed by atoms with Crippen LogP contribution < -0.4 is 10.7 Å². The number of nitrogens with one attached hydrogen (secondary N) is 3. The molecule has 0 radical (unpaired) electrons. The second-order valence-electron chi connectivity index (χ2n) is 5.11. The quantitative estimate of drug-likeness (QED) is 0.426. The van der Waals surface area contributed by atoms with Gasteiger partial charge in [0.05, 0.1) is 19.4 Å². The van der Waals surface area contributed by atoms with Gasteiger partial charge in [-0.05, 0) is 32.1 Å². The van der Waals surface area contributed by atoms with Gasteiger partial charge in [-0.2, -0.15) is 5.10 Å². The van der Waals surface area contributed by atoms with E-state index in [1.165, 1.54) is 0 Å². The topological polar surface area (TPSA) is 64.7 Å². The SMILES string of the molecule is Cc1cc(/C=N/NC(=S)NCCN2CCOCC2)c(C)[nH]1. The number of morpholine rings is 1. The Hall–Kier alpha value is -1.44. The molecule has 7 heteroatoms. The van der Waals surface area contributed by atoms with Gasteiger partial charge in [0.25, 0.3) is 0 Å². The lowest BCUT2D eigenvalue weighted by Crippen LogP contribution is -2.42. The van der Waals surface area contributed by atoms with Crippen LogP contribution in [0.1, 0.15) is 17.0 Å². The number of hydrazone groups is 1. The van der Waals surface area contributed by atoms with Gasteiger partial charge in [-0.15, -0.1) is 0 Å². The molecule has 1 aliphatic heterocycles. The Morgan fingerprint density at radius 1 is 1.48 bits per heavy atom. The maximum Gasteiger partial charge on any atom is 0.187 e. The Kier molecular flexibility index (Phi) is 6.16. The zero-order valence-electron chi connectivity index (χ0n) is 12.6. The van der Waals surface area contributed by atoms with Crippen molar-refractivity contribution in [3.63, 3.8) is 0 Å². The minimum absolute atomic E-state index is 0.546. The second kappa shape index (κ2) is 8.11. The molecule has 0 bridgehead atoms. The highest BCUT2D eigenvalue weighted by molar-refractivity contribution is 7.80. The summed E-state index contributed by atoms with van der Waals surface area (Å²) >= 11 is 5.19. The number of hydrogen-bond donors (Lipinski definition) is 3. The average molecular weight is 309 g/mol. The van der Waals surface area contributed by atoms with Crippen LogP contribution in [0, 0.1) is 13.8 Å². The summed E-state index contributed by atoms with van der Waals surface area (Å²) < 4.78 is 5.31. The van der Waals surface area contributed by atoms with Gasteiger partial charge in [0.1, 0.15) is 0 Å². The van der Waals surface area contributed by atoms with Gasteiger partial charge in [-0.1, -0.05) is 0 Å². The van der Waals surface area contributed by atoms with Crippen molar-refractivity contribution in [2.24, 2.45) is 5.10 Å². The van der Waals surface area contributed by atoms with Gasteiger partial charge in [-0.3, -0.25) is 10.3 Å². The molecule has 0 spiro atoms. The lowest BCUT2D eigenvalue weighted by molar-refractivity contribution is 0.0389. The molecule has 0 amide bonds. The average Bonchev–Trinajstić information content (AvgIpc) is 2.78. The summed E-state index contributed by atoms with van der Waals surface area (Å²) in [5, 5.41) is 7.85. The number of hydrogen-bond acceptors (Lipinski definition) is 4. The summed E-state index contributed by atoms with van der Waals surface area (Å²) in [4.78, 5) is 5.59. The molecule has 0 aliphatic carbocycles. The minimum atomic E-state index is 0.546. The van der Waals surface area contributed by atoms with Gasteiger partial charge in [0, 0.05) is 43.1 Å². The number of aromatic nitrogens is 1. The molecular weight excluding hydrogens is 286 g/mol. The normalized spacial score (nSPS) is 16.3. The first-order valence-electron chi connectivity index (χ1n) is 7.18. The molecule has 0 saturated carbocycles. The smallest absolute Gasteiger partial charge is 0.187 e. The fraction of sp³-hybridized carbons (Fsp3) is 0.571. The van der Waals surface area contributed by atoms with Crippen molar-refractivity contribution in [1.82, 2.24) is 20.6 Å². The molecule has 0 aromatic carbocycles. The highest BCUT2D eigenvalue weighted by Gasteiger charge is 2.09. The maximum atomic E-state index is 5.31. The molecule has 116 valence electrons. The number of nitrogens with zero attached hydrogens (tertiary/aromatic N) is 2. The monoisotopic (exact) mass is 309 g/mol. The third-order valence-electron chi connectivity index (χ3n) is 3.38. The van der Waals surface area contributed by atoms with Crippen molar-refractivity contribution in [3.05, 3.63) is 23.0 Å². The Bertz CT molecular complexity index is 494. The van der Waals surface area contributed by atoms with Gasteiger partial charge in [-0.25, -0.2) is 0 Å². The van der Waals surface area contributed by atoms with Crippen molar-refractivity contribution < 1.29 is 4.74 Å². The number of rotatable bonds is 5. The first kappa shape index (κ1) is 15.9. The summed E-state index contributed by atoms with van der Waals surface area (Å²) in [5.74, 6) is 0. The van der Waals surface area contributed by atoms with Crippen molar-refractivity contribution in [1.29, 1.82) is 0 Å². The Morgan fingerprint density at radius 3 is 2.90 bits per heavy atom. The highest BCUT2D eigenvalue weighted by Crippen LogP contribution is 2.05. The lowest BCUT2D eigenvalue weighted by Gasteiger charge is -2.26. The van der Waals surface area contributed by atoms with Crippen LogP contribution in [0.15, 0.2) is 11.2 Å². The van der Waals surface area contributed by atoms with Gasteiger partial charge in [0.15, 0.2) is 5.11 Å². The van der Waals surface area contributed by atoms with E-state index in [2.05, 4.69) is 31.8 Å². The van der Waals surface area contributed by atoms with Crippen molar-refractivity contribution in [3.8, 4) is 0 Å². The van der Waals surface area contributed by atoms with Crippen LogP contribution in [0.25, 0.3) is 0 Å². The highest BCUT2D eigenvalue weighted by atomic mass is 32.1. The van der Waals surface area contributed by atoms with Crippen LogP contribution in [-0.2, 0) is 4.74 Å². The molecule has 0 atom stereocenters. The van der Waals surface area contributed by atoms with Gasteiger partial charge >= 0.3 is 0 Å². The van der Waals surface area contributed by atoms with Crippen LogP contribution in [0.4, 0.5) is 0 Å². The Balaban J connectivity index is 1.64. The van der Waals surface area contributed by atoms with Crippen molar-refractivity contribution >= 4 is 23.5 Å². The fourth-order valence-electron chi connectivity index (χ4n) is 2.23. The predicted octanol–water partition coefficient (Wildman–Crippen LogP) is 0.762. The molecular formula is C14H23N5OS. The molecule has 6 nitrogen and oxygen atoms in total. The largest absolute Gasteiger partial charge is 0.379 e. The van der Waals surface area contributed by atoms with Crippen LogP contribution in [0.3, 0.4) is 0 Å². The summed E-state index contributed by atoms with van der Waals surface area (Å²) in [6, 6.07) is 2.05. The third-order valence-corrected chi connectivity index (χ3v) is 3.61. The van der Waals surface area contributed by atoms with Crippen molar-refractivity contribution in [2.75, 3.05) is 39.4 Å². The Labute approximate surface area is 130 Å². The van der Waals surface area contributed by atoms with Gasteiger partial charge in [0.2, 0.25) is 0 Å². The fourth-order valence-corrected chi connectivity index (χ4v) is 2.39. The predicted molar refractivity (Wildman–Crippen MR) is 88.9 cm³/mol. The van der Waals surface area contributed by atoms with E-state index in [1.54, 1.807) is 6.21 Å². The van der Waals surface area contributed by atoms with Gasteiger partial charge < -0.3 is 15.0 Å². The standard InChI is InChI=1S/C14H23N5OS/c1-11-9-13(12(2)17-11)10-16-18-14(21)15-3-4-19-5-7-20-8-6-19/h9-10,17H,3-8H2,1-2H3,(H2,15,18,21)/b16-10+. The molecule has 1 aliphatic rings. The molecule has 1 aromatic rings. The van der Waals surface area contributed by atoms with E-state index in [1.807, 2.05) is 13.8 Å². The molecule has 2 rings (SSSR count). The van der Waals surface area contributed by atoms with E-state index in [-0.39, 0.29) is 0 Å². The second-order valence-corrected chi connectivity index (χ2v) is 5.52. The summed E-state index contributed by atoms with van der Waals surface area (Å²) in [5.41, 5.74) is 6.13. The van der Waals surface area contributed by atoms with E-state index in [4.69, 9.17) is 17.0 Å². The summed E-state index contributed by atoms with van der Waals surface area (Å²) in [6.07, 6.45) is 1.77. The molecule has 21 heavy (non-hydrogen) atoms. The molecule has 1 fully saturated rings. The van der Waals surface area contributed by atoms with E-state index < -0.39 is 0 Å². The van der Waals surface area contributed by atoms with E-state index >= 15 is 0 Å². The number of aromatic amines is 1. The van der Waals surface area contributed by atoms with E-state index in [9.17, 15) is 0 Å². The minimum Gasteiger partial charge on any atom is -0.379 e. The Morgan fingerprint density at radius 2 is 2.24 bits per heavy atom. The number of aryl methyl sites for hydroxylation is 2. The number of thiocarbonyl (C=S) groups is 1. The molecule has 3 N–H and O–H groups in total. The lowest BCUT2D eigenvalue weighted by atomic mass is 10.3. The summed E-state index contributed by atoms with van der Waals surface area (Å²) in [7, 11) is 0. The molecule has 2 heterocycles. The number of H-pyrrole nitrogens is 1.